The maximum absolute atomic E-state index is 12.9. The van der Waals surface area contributed by atoms with E-state index in [4.69, 9.17) is 14.2 Å². The molecule has 81 heavy (non-hydrogen) atoms. The molecule has 6 heteroatoms. The fourth-order valence-electron chi connectivity index (χ4n) is 10.9. The van der Waals surface area contributed by atoms with E-state index in [9.17, 15) is 14.4 Å². The van der Waals surface area contributed by atoms with E-state index in [-0.39, 0.29) is 31.1 Å². The third kappa shape index (κ3) is 68.0. The summed E-state index contributed by atoms with van der Waals surface area (Å²) >= 11 is 0. The molecule has 0 aromatic rings. The molecule has 0 radical (unpaired) electrons. The van der Waals surface area contributed by atoms with E-state index in [1.54, 1.807) is 0 Å². The van der Waals surface area contributed by atoms with Crippen LogP contribution in [-0.2, 0) is 28.6 Å². The molecule has 0 fully saturated rings. The predicted molar refractivity (Wildman–Crippen MR) is 353 cm³/mol. The first-order chi connectivity index (χ1) is 40.0. The Morgan fingerprint density at radius 3 is 0.704 bits per heavy atom. The van der Waals surface area contributed by atoms with E-state index in [1.165, 1.54) is 283 Å². The van der Waals surface area contributed by atoms with Crippen LogP contribution in [0.25, 0.3) is 0 Å². The van der Waals surface area contributed by atoms with Crippen LogP contribution in [0.15, 0.2) is 48.6 Å². The van der Waals surface area contributed by atoms with Gasteiger partial charge in [0.2, 0.25) is 0 Å². The van der Waals surface area contributed by atoms with Crippen LogP contribution >= 0.6 is 0 Å². The molecular formula is C75H138O6. The van der Waals surface area contributed by atoms with Crippen LogP contribution in [0.1, 0.15) is 393 Å². The number of allylic oxidation sites excluding steroid dienone is 8. The highest BCUT2D eigenvalue weighted by Gasteiger charge is 2.19. The first-order valence-electron chi connectivity index (χ1n) is 36.1. The van der Waals surface area contributed by atoms with Crippen molar-refractivity contribution in [2.24, 2.45) is 0 Å². The SMILES string of the molecule is CCCCCCC/C=C\C/C=C\C/C=C\CCCCCCCCCCCCCCCCC(=O)OCC(COC(=O)CCCCCCCCCCCCC)OC(=O)CCCCCCCCCCCCC/C=C\CCCCCCCCCC. The Hall–Kier alpha value is -2.63. The molecule has 0 saturated carbocycles. The van der Waals surface area contributed by atoms with Gasteiger partial charge in [0.1, 0.15) is 13.2 Å². The van der Waals surface area contributed by atoms with Crippen LogP contribution in [0, 0.1) is 0 Å². The van der Waals surface area contributed by atoms with Gasteiger partial charge >= 0.3 is 17.9 Å². The van der Waals surface area contributed by atoms with Crippen LogP contribution < -0.4 is 0 Å². The fourth-order valence-corrected chi connectivity index (χ4v) is 10.9. The Morgan fingerprint density at radius 1 is 0.247 bits per heavy atom. The van der Waals surface area contributed by atoms with Gasteiger partial charge in [-0.15, -0.1) is 0 Å². The third-order valence-corrected chi connectivity index (χ3v) is 16.3. The van der Waals surface area contributed by atoms with Gasteiger partial charge in [-0.2, -0.15) is 0 Å². The van der Waals surface area contributed by atoms with Gasteiger partial charge in [0, 0.05) is 19.3 Å². The fraction of sp³-hybridized carbons (Fsp3) is 0.853. The average molecular weight is 1140 g/mol. The summed E-state index contributed by atoms with van der Waals surface area (Å²) in [6, 6.07) is 0. The van der Waals surface area contributed by atoms with Crippen LogP contribution in [0.3, 0.4) is 0 Å². The number of carbonyl (C=O) groups excluding carboxylic acids is 3. The molecular weight excluding hydrogens is 997 g/mol. The summed E-state index contributed by atoms with van der Waals surface area (Å²) in [5.74, 6) is -0.844. The molecule has 0 aliphatic rings. The zero-order chi connectivity index (χ0) is 58.5. The molecule has 0 aromatic carbocycles. The van der Waals surface area contributed by atoms with Gasteiger partial charge in [0.15, 0.2) is 6.10 Å². The summed E-state index contributed by atoms with van der Waals surface area (Å²) in [5, 5.41) is 0. The maximum Gasteiger partial charge on any atom is 0.306 e. The van der Waals surface area contributed by atoms with E-state index in [1.807, 2.05) is 0 Å². The lowest BCUT2D eigenvalue weighted by Crippen LogP contribution is -2.30. The molecule has 0 aliphatic carbocycles. The summed E-state index contributed by atoms with van der Waals surface area (Å²) in [6.45, 7) is 6.68. The Kier molecular flexibility index (Phi) is 67.6. The normalized spacial score (nSPS) is 12.3. The lowest BCUT2D eigenvalue weighted by Gasteiger charge is -2.18. The van der Waals surface area contributed by atoms with Crippen LogP contribution in [0.4, 0.5) is 0 Å². The second kappa shape index (κ2) is 69.9. The zero-order valence-corrected chi connectivity index (χ0v) is 54.6. The van der Waals surface area contributed by atoms with Crippen molar-refractivity contribution in [3.05, 3.63) is 48.6 Å². The van der Waals surface area contributed by atoms with Gasteiger partial charge in [-0.05, 0) is 83.5 Å². The summed E-state index contributed by atoms with van der Waals surface area (Å²) in [6.07, 6.45) is 88.6. The van der Waals surface area contributed by atoms with Gasteiger partial charge in [0.25, 0.3) is 0 Å². The van der Waals surface area contributed by atoms with E-state index >= 15 is 0 Å². The molecule has 6 nitrogen and oxygen atoms in total. The molecule has 0 rings (SSSR count). The first kappa shape index (κ1) is 78.4. The smallest absolute Gasteiger partial charge is 0.306 e. The molecule has 0 saturated heterocycles. The largest absolute Gasteiger partial charge is 0.462 e. The highest BCUT2D eigenvalue weighted by molar-refractivity contribution is 5.71. The molecule has 0 aromatic heterocycles. The number of hydrogen-bond donors (Lipinski definition) is 0. The Morgan fingerprint density at radius 2 is 0.444 bits per heavy atom. The summed E-state index contributed by atoms with van der Waals surface area (Å²) < 4.78 is 17.0. The lowest BCUT2D eigenvalue weighted by atomic mass is 10.0. The number of carbonyl (C=O) groups is 3. The number of ether oxygens (including phenoxy) is 3. The monoisotopic (exact) mass is 1140 g/mol. The van der Waals surface area contributed by atoms with Crippen LogP contribution in [0.2, 0.25) is 0 Å². The number of rotatable bonds is 67. The Balaban J connectivity index is 4.17. The molecule has 0 bridgehead atoms. The molecule has 1 atom stereocenters. The Bertz CT molecular complexity index is 1400. The quantitative estimate of drug-likeness (QED) is 0.0261. The minimum atomic E-state index is -0.772. The molecule has 0 spiro atoms. The average Bonchev–Trinajstić information content (AvgIpc) is 3.47. The minimum Gasteiger partial charge on any atom is -0.462 e. The van der Waals surface area contributed by atoms with Crippen molar-refractivity contribution in [1.82, 2.24) is 0 Å². The van der Waals surface area contributed by atoms with Crippen molar-refractivity contribution >= 4 is 17.9 Å². The van der Waals surface area contributed by atoms with Crippen LogP contribution in [-0.4, -0.2) is 37.2 Å². The number of esters is 3. The van der Waals surface area contributed by atoms with E-state index in [2.05, 4.69) is 69.4 Å². The van der Waals surface area contributed by atoms with E-state index in [0.717, 1.165) is 70.6 Å². The molecule has 0 heterocycles. The minimum absolute atomic E-state index is 0.0683. The number of unbranched alkanes of at least 4 members (excludes halogenated alkanes) is 48. The molecule has 0 aliphatic heterocycles. The van der Waals surface area contributed by atoms with Crippen molar-refractivity contribution in [1.29, 1.82) is 0 Å². The molecule has 474 valence electrons. The van der Waals surface area contributed by atoms with Gasteiger partial charge in [-0.1, -0.05) is 339 Å². The summed E-state index contributed by atoms with van der Waals surface area (Å²) in [7, 11) is 0. The van der Waals surface area contributed by atoms with Crippen molar-refractivity contribution in [3.63, 3.8) is 0 Å². The van der Waals surface area contributed by atoms with Gasteiger partial charge in [-0.3, -0.25) is 14.4 Å². The second-order valence-electron chi connectivity index (χ2n) is 24.5. The zero-order valence-electron chi connectivity index (χ0n) is 54.6. The highest BCUT2D eigenvalue weighted by atomic mass is 16.6. The molecule has 0 N–H and O–H groups in total. The summed E-state index contributed by atoms with van der Waals surface area (Å²) in [4.78, 5) is 38.4. The van der Waals surface area contributed by atoms with Crippen molar-refractivity contribution < 1.29 is 28.6 Å². The number of hydrogen-bond acceptors (Lipinski definition) is 6. The first-order valence-corrected chi connectivity index (χ1v) is 36.1. The predicted octanol–water partition coefficient (Wildman–Crippen LogP) is 24.9. The topological polar surface area (TPSA) is 78.9 Å². The van der Waals surface area contributed by atoms with Gasteiger partial charge < -0.3 is 14.2 Å². The highest BCUT2D eigenvalue weighted by Crippen LogP contribution is 2.18. The van der Waals surface area contributed by atoms with Crippen molar-refractivity contribution in [2.75, 3.05) is 13.2 Å². The van der Waals surface area contributed by atoms with Crippen molar-refractivity contribution in [3.8, 4) is 0 Å². The maximum atomic E-state index is 12.9. The summed E-state index contributed by atoms with van der Waals surface area (Å²) in [5.41, 5.74) is 0. The van der Waals surface area contributed by atoms with Gasteiger partial charge in [0.05, 0.1) is 0 Å². The lowest BCUT2D eigenvalue weighted by molar-refractivity contribution is -0.167. The van der Waals surface area contributed by atoms with Gasteiger partial charge in [-0.25, -0.2) is 0 Å². The second-order valence-corrected chi connectivity index (χ2v) is 24.5. The third-order valence-electron chi connectivity index (χ3n) is 16.3. The van der Waals surface area contributed by atoms with Crippen LogP contribution in [0.5, 0.6) is 0 Å². The van der Waals surface area contributed by atoms with E-state index < -0.39 is 6.10 Å². The molecule has 1 unspecified atom stereocenters. The Labute approximate surface area is 505 Å². The van der Waals surface area contributed by atoms with E-state index in [0.29, 0.717) is 19.3 Å². The standard InChI is InChI=1S/C75H138O6/c1-4-7-10-13-16-19-22-24-26-28-30-32-34-35-36-37-38-39-41-42-44-46-48-50-53-56-59-62-65-68-74(77)80-71-72(70-79-73(76)67-64-61-58-55-52-21-18-15-12-9-6-3)81-75(78)69-66-63-60-57-54-51-49-47-45-43-40-33-31-29-27-25-23-20-17-14-11-8-5-2/h22,24,28-31,34-35,72H,4-21,23,25-27,32-33,36-71H2,1-3H3/b24-22-,30-28-,31-29-,35-34-. The molecule has 0 amide bonds. The van der Waals surface area contributed by atoms with Crippen molar-refractivity contribution in [2.45, 2.75) is 399 Å².